The molecule has 1 aromatic heterocycles. The fourth-order valence-electron chi connectivity index (χ4n) is 2.37. The smallest absolute Gasteiger partial charge is 0.129 e. The molecule has 0 bridgehead atoms. The van der Waals surface area contributed by atoms with Gasteiger partial charge in [-0.3, -0.25) is 10.00 Å². The van der Waals surface area contributed by atoms with Crippen LogP contribution >= 0.6 is 11.6 Å². The van der Waals surface area contributed by atoms with E-state index >= 15 is 0 Å². The van der Waals surface area contributed by atoms with Crippen LogP contribution in [0.1, 0.15) is 32.4 Å². The molecule has 0 amide bonds. The predicted octanol–water partition coefficient (Wildman–Crippen LogP) is 2.52. The summed E-state index contributed by atoms with van der Waals surface area (Å²) in [5.74, 6) is 0.424. The van der Waals surface area contributed by atoms with Gasteiger partial charge in [-0.25, -0.2) is 0 Å². The molecule has 1 aliphatic rings. The molecule has 2 rings (SSSR count). The first-order valence-corrected chi connectivity index (χ1v) is 6.73. The average molecular weight is 267 g/mol. The molecule has 0 aromatic carbocycles. The van der Waals surface area contributed by atoms with E-state index in [0.717, 1.165) is 18.5 Å². The highest BCUT2D eigenvalue weighted by atomic mass is 35.5. The Morgan fingerprint density at radius 2 is 2.33 bits per heavy atom. The van der Waals surface area contributed by atoms with E-state index in [9.17, 15) is 5.26 Å². The Morgan fingerprint density at radius 1 is 1.67 bits per heavy atom. The van der Waals surface area contributed by atoms with E-state index in [2.05, 4.69) is 30.3 Å². The van der Waals surface area contributed by atoms with Crippen molar-refractivity contribution in [1.82, 2.24) is 15.1 Å². The summed E-state index contributed by atoms with van der Waals surface area (Å²) in [6.45, 7) is 6.56. The maximum Gasteiger partial charge on any atom is 0.129 e. The Morgan fingerprint density at radius 3 is 2.72 bits per heavy atom. The number of nitrogens with one attached hydrogen (secondary N) is 1. The van der Waals surface area contributed by atoms with Gasteiger partial charge in [-0.1, -0.05) is 11.6 Å². The molecule has 1 heterocycles. The van der Waals surface area contributed by atoms with Gasteiger partial charge >= 0.3 is 0 Å². The normalized spacial score (nSPS) is 18.7. The third-order valence-electron chi connectivity index (χ3n) is 3.32. The van der Waals surface area contributed by atoms with Crippen molar-refractivity contribution >= 4 is 11.6 Å². The second-order valence-corrected chi connectivity index (χ2v) is 5.82. The minimum atomic E-state index is -0.518. The van der Waals surface area contributed by atoms with Gasteiger partial charge in [-0.15, -0.1) is 0 Å². The molecular formula is C13H19ClN4. The van der Waals surface area contributed by atoms with Crippen molar-refractivity contribution in [2.45, 2.75) is 51.7 Å². The molecule has 1 atom stereocenters. The van der Waals surface area contributed by atoms with Crippen molar-refractivity contribution in [3.8, 4) is 6.07 Å². The van der Waals surface area contributed by atoms with E-state index in [1.165, 1.54) is 0 Å². The molecule has 0 aliphatic heterocycles. The van der Waals surface area contributed by atoms with Gasteiger partial charge in [0.25, 0.3) is 0 Å². The van der Waals surface area contributed by atoms with Gasteiger partial charge in [0.2, 0.25) is 0 Å². The van der Waals surface area contributed by atoms with Crippen LogP contribution in [0.5, 0.6) is 0 Å². The van der Waals surface area contributed by atoms with Crippen LogP contribution in [0.4, 0.5) is 0 Å². The van der Waals surface area contributed by atoms with Gasteiger partial charge in [0.1, 0.15) is 5.54 Å². The number of halogens is 1. The number of aryl methyl sites for hydroxylation is 1. The van der Waals surface area contributed by atoms with Crippen molar-refractivity contribution in [3.63, 3.8) is 0 Å². The Bertz CT molecular complexity index is 450. The predicted molar refractivity (Wildman–Crippen MR) is 71.3 cm³/mol. The third kappa shape index (κ3) is 2.68. The summed E-state index contributed by atoms with van der Waals surface area (Å²) < 4.78 is 1.79. The molecule has 5 heteroatoms. The lowest BCUT2D eigenvalue weighted by molar-refractivity contribution is 0.284. The van der Waals surface area contributed by atoms with E-state index in [1.54, 1.807) is 10.9 Å². The molecule has 0 spiro atoms. The molecule has 1 aliphatic carbocycles. The monoisotopic (exact) mass is 266 g/mol. The maximum atomic E-state index is 9.59. The quantitative estimate of drug-likeness (QED) is 0.891. The van der Waals surface area contributed by atoms with Crippen LogP contribution in [0.25, 0.3) is 0 Å². The standard InChI is InChI=1S/C13H19ClN4/c1-9(2)16-13(7-15,11-4-5-11)8-18-6-12(14)10(3)17-18/h6,9,11,16H,4-5,8H2,1-3H3. The van der Waals surface area contributed by atoms with Gasteiger partial charge in [0.15, 0.2) is 0 Å². The molecule has 1 N–H and O–H groups in total. The van der Waals surface area contributed by atoms with Gasteiger partial charge in [0.05, 0.1) is 23.3 Å². The molecule has 4 nitrogen and oxygen atoms in total. The Kier molecular flexibility index (Phi) is 3.65. The van der Waals surface area contributed by atoms with Crippen LogP contribution in [0, 0.1) is 24.2 Å². The van der Waals surface area contributed by atoms with E-state index < -0.39 is 5.54 Å². The first kappa shape index (κ1) is 13.4. The van der Waals surface area contributed by atoms with Crippen molar-refractivity contribution in [2.75, 3.05) is 0 Å². The number of nitriles is 1. The number of hydrogen-bond acceptors (Lipinski definition) is 3. The van der Waals surface area contributed by atoms with Gasteiger partial charge in [-0.05, 0) is 39.5 Å². The summed E-state index contributed by atoms with van der Waals surface area (Å²) in [6.07, 6.45) is 4.02. The topological polar surface area (TPSA) is 53.6 Å². The fourth-order valence-corrected chi connectivity index (χ4v) is 2.52. The zero-order valence-electron chi connectivity index (χ0n) is 11.1. The van der Waals surface area contributed by atoms with E-state index in [1.807, 2.05) is 6.92 Å². The molecule has 0 saturated heterocycles. The lowest BCUT2D eigenvalue weighted by Crippen LogP contribution is -2.52. The highest BCUT2D eigenvalue weighted by Crippen LogP contribution is 2.40. The third-order valence-corrected chi connectivity index (χ3v) is 3.69. The highest BCUT2D eigenvalue weighted by Gasteiger charge is 2.46. The van der Waals surface area contributed by atoms with Gasteiger partial charge in [0, 0.05) is 12.2 Å². The maximum absolute atomic E-state index is 9.59. The Labute approximate surface area is 113 Å². The number of rotatable bonds is 5. The summed E-state index contributed by atoms with van der Waals surface area (Å²) in [7, 11) is 0. The number of nitrogens with zero attached hydrogens (tertiary/aromatic N) is 3. The summed E-state index contributed by atoms with van der Waals surface area (Å²) >= 11 is 6.02. The van der Waals surface area contributed by atoms with Crippen molar-refractivity contribution in [2.24, 2.45) is 5.92 Å². The molecule has 18 heavy (non-hydrogen) atoms. The van der Waals surface area contributed by atoms with Crippen LogP contribution in [0.3, 0.4) is 0 Å². The Balaban J connectivity index is 2.22. The average Bonchev–Trinajstić information content (AvgIpc) is 3.07. The second kappa shape index (κ2) is 4.91. The minimum absolute atomic E-state index is 0.275. The van der Waals surface area contributed by atoms with Gasteiger partial charge in [-0.2, -0.15) is 10.4 Å². The number of aromatic nitrogens is 2. The van der Waals surface area contributed by atoms with Gasteiger partial charge < -0.3 is 0 Å². The zero-order chi connectivity index (χ0) is 13.3. The molecule has 1 saturated carbocycles. The van der Waals surface area contributed by atoms with Crippen LogP contribution in [0.2, 0.25) is 5.02 Å². The first-order valence-electron chi connectivity index (χ1n) is 6.35. The molecule has 1 fully saturated rings. The molecule has 0 radical (unpaired) electrons. The summed E-state index contributed by atoms with van der Waals surface area (Å²) in [5.41, 5.74) is 0.291. The molecule has 1 unspecified atom stereocenters. The zero-order valence-corrected chi connectivity index (χ0v) is 11.8. The largest absolute Gasteiger partial charge is 0.295 e. The van der Waals surface area contributed by atoms with E-state index in [0.29, 0.717) is 17.5 Å². The SMILES string of the molecule is Cc1nn(CC(C#N)(NC(C)C)C2CC2)cc1Cl. The highest BCUT2D eigenvalue weighted by molar-refractivity contribution is 6.31. The summed E-state index contributed by atoms with van der Waals surface area (Å²) in [6, 6.07) is 2.75. The lowest BCUT2D eigenvalue weighted by Gasteiger charge is -2.30. The van der Waals surface area contributed by atoms with Crippen molar-refractivity contribution in [1.29, 1.82) is 5.26 Å². The molecular weight excluding hydrogens is 248 g/mol. The fraction of sp³-hybridized carbons (Fsp3) is 0.692. The second-order valence-electron chi connectivity index (χ2n) is 5.42. The number of hydrogen-bond donors (Lipinski definition) is 1. The van der Waals surface area contributed by atoms with E-state index in [-0.39, 0.29) is 6.04 Å². The molecule has 1 aromatic rings. The van der Waals surface area contributed by atoms with Crippen molar-refractivity contribution in [3.05, 3.63) is 16.9 Å². The van der Waals surface area contributed by atoms with Crippen molar-refractivity contribution < 1.29 is 0 Å². The first-order chi connectivity index (χ1) is 8.47. The van der Waals surface area contributed by atoms with Crippen LogP contribution in [-0.2, 0) is 6.54 Å². The van der Waals surface area contributed by atoms with Crippen LogP contribution in [0.15, 0.2) is 6.20 Å². The lowest BCUT2D eigenvalue weighted by atomic mass is 9.94. The summed E-state index contributed by atoms with van der Waals surface area (Å²) in [5, 5.41) is 18.0. The van der Waals surface area contributed by atoms with Crippen LogP contribution in [-0.4, -0.2) is 21.4 Å². The van der Waals surface area contributed by atoms with Crippen LogP contribution < -0.4 is 5.32 Å². The minimum Gasteiger partial charge on any atom is -0.295 e. The summed E-state index contributed by atoms with van der Waals surface area (Å²) in [4.78, 5) is 0. The Hall–Kier alpha value is -1.05. The van der Waals surface area contributed by atoms with E-state index in [4.69, 9.17) is 11.6 Å². The molecule has 98 valence electrons.